The average molecular weight is 283 g/mol. The summed E-state index contributed by atoms with van der Waals surface area (Å²) in [5, 5.41) is 11.0. The molecule has 0 saturated carbocycles. The van der Waals surface area contributed by atoms with Gasteiger partial charge in [0.15, 0.2) is 0 Å². The lowest BCUT2D eigenvalue weighted by Gasteiger charge is -2.27. The van der Waals surface area contributed by atoms with Crippen LogP contribution in [-0.2, 0) is 9.59 Å². The van der Waals surface area contributed by atoms with Gasteiger partial charge in [-0.05, 0) is 12.3 Å². The van der Waals surface area contributed by atoms with Gasteiger partial charge in [-0.25, -0.2) is 4.79 Å². The maximum atomic E-state index is 12.6. The van der Waals surface area contributed by atoms with Gasteiger partial charge in [-0.2, -0.15) is 13.2 Å². The van der Waals surface area contributed by atoms with Crippen molar-refractivity contribution >= 4 is 11.9 Å². The Morgan fingerprint density at radius 3 is 2.00 bits per heavy atom. The average Bonchev–Trinajstić information content (AvgIpc) is 2.12. The standard InChI is InChI=1S/C12H20F3NO3/c1-7(2)5-8(10(18)19)16-9(17)6-11(3,4)12(13,14)15/h7-8H,5-6H2,1-4H3,(H,16,17)(H,18,19). The van der Waals surface area contributed by atoms with Crippen LogP contribution in [-0.4, -0.2) is 29.2 Å². The highest BCUT2D eigenvalue weighted by atomic mass is 19.4. The van der Waals surface area contributed by atoms with Crippen LogP contribution in [0, 0.1) is 11.3 Å². The van der Waals surface area contributed by atoms with Crippen LogP contribution in [0.4, 0.5) is 13.2 Å². The molecule has 0 aliphatic carbocycles. The summed E-state index contributed by atoms with van der Waals surface area (Å²) in [6, 6.07) is -1.16. The predicted molar refractivity (Wildman–Crippen MR) is 63.5 cm³/mol. The first-order valence-electron chi connectivity index (χ1n) is 5.95. The van der Waals surface area contributed by atoms with Crippen LogP contribution >= 0.6 is 0 Å². The second-order valence-corrected chi connectivity index (χ2v) is 5.65. The highest BCUT2D eigenvalue weighted by Gasteiger charge is 2.48. The Morgan fingerprint density at radius 2 is 1.68 bits per heavy atom. The minimum Gasteiger partial charge on any atom is -0.480 e. The van der Waals surface area contributed by atoms with Crippen molar-refractivity contribution in [3.05, 3.63) is 0 Å². The molecule has 0 spiro atoms. The van der Waals surface area contributed by atoms with Crippen molar-refractivity contribution in [1.29, 1.82) is 0 Å². The molecule has 0 aliphatic rings. The van der Waals surface area contributed by atoms with Crippen LogP contribution < -0.4 is 5.32 Å². The molecule has 0 aliphatic heterocycles. The number of carbonyl (C=O) groups is 2. The molecule has 0 bridgehead atoms. The Hall–Kier alpha value is -1.27. The largest absolute Gasteiger partial charge is 0.480 e. The third kappa shape index (κ3) is 5.94. The molecular weight excluding hydrogens is 263 g/mol. The zero-order chi connectivity index (χ0) is 15.4. The molecule has 0 heterocycles. The zero-order valence-electron chi connectivity index (χ0n) is 11.5. The SMILES string of the molecule is CC(C)CC(NC(=O)CC(C)(C)C(F)(F)F)C(=O)O. The normalized spacial score (nSPS) is 14.3. The van der Waals surface area contributed by atoms with E-state index in [1.54, 1.807) is 13.8 Å². The molecule has 7 heteroatoms. The number of amides is 1. The highest BCUT2D eigenvalue weighted by Crippen LogP contribution is 2.40. The lowest BCUT2D eigenvalue weighted by Crippen LogP contribution is -2.45. The topological polar surface area (TPSA) is 66.4 Å². The van der Waals surface area contributed by atoms with Gasteiger partial charge < -0.3 is 10.4 Å². The van der Waals surface area contributed by atoms with Gasteiger partial charge in [0.2, 0.25) is 5.91 Å². The first-order chi connectivity index (χ1) is 8.36. The first kappa shape index (κ1) is 17.7. The molecule has 1 amide bonds. The van der Waals surface area contributed by atoms with Crippen LogP contribution in [0.3, 0.4) is 0 Å². The number of hydrogen-bond acceptors (Lipinski definition) is 2. The molecule has 1 unspecified atom stereocenters. The van der Waals surface area contributed by atoms with Crippen molar-refractivity contribution in [2.45, 2.75) is 52.8 Å². The molecule has 112 valence electrons. The number of nitrogens with one attached hydrogen (secondary N) is 1. The second kappa shape index (κ2) is 6.25. The number of hydrogen-bond donors (Lipinski definition) is 2. The Bertz CT molecular complexity index is 338. The van der Waals surface area contributed by atoms with Crippen molar-refractivity contribution in [2.24, 2.45) is 11.3 Å². The van der Waals surface area contributed by atoms with Gasteiger partial charge in [0.1, 0.15) is 6.04 Å². The predicted octanol–water partition coefficient (Wildman–Crippen LogP) is 2.58. The van der Waals surface area contributed by atoms with Crippen LogP contribution in [0.15, 0.2) is 0 Å². The zero-order valence-corrected chi connectivity index (χ0v) is 11.5. The number of alkyl halides is 3. The highest BCUT2D eigenvalue weighted by molar-refractivity contribution is 5.83. The lowest BCUT2D eigenvalue weighted by molar-refractivity contribution is -0.213. The third-order valence-corrected chi connectivity index (χ3v) is 2.71. The summed E-state index contributed by atoms with van der Waals surface area (Å²) < 4.78 is 37.8. The lowest BCUT2D eigenvalue weighted by atomic mass is 9.88. The van der Waals surface area contributed by atoms with E-state index in [-0.39, 0.29) is 12.3 Å². The smallest absolute Gasteiger partial charge is 0.394 e. The van der Waals surface area contributed by atoms with E-state index < -0.39 is 35.9 Å². The molecule has 4 nitrogen and oxygen atoms in total. The van der Waals surface area contributed by atoms with Crippen molar-refractivity contribution < 1.29 is 27.9 Å². The Labute approximate surface area is 110 Å². The van der Waals surface area contributed by atoms with Crippen molar-refractivity contribution in [3.8, 4) is 0 Å². The molecule has 0 aromatic heterocycles. The molecule has 19 heavy (non-hydrogen) atoms. The van der Waals surface area contributed by atoms with E-state index in [4.69, 9.17) is 5.11 Å². The van der Waals surface area contributed by atoms with Gasteiger partial charge in [0.05, 0.1) is 5.41 Å². The summed E-state index contributed by atoms with van der Waals surface area (Å²) in [5.41, 5.74) is -2.18. The van der Waals surface area contributed by atoms with E-state index in [0.717, 1.165) is 13.8 Å². The summed E-state index contributed by atoms with van der Waals surface area (Å²) in [4.78, 5) is 22.4. The number of carboxylic acid groups (broad SMARTS) is 1. The summed E-state index contributed by atoms with van der Waals surface area (Å²) in [7, 11) is 0. The molecular formula is C12H20F3NO3. The monoisotopic (exact) mass is 283 g/mol. The number of halogens is 3. The fraction of sp³-hybridized carbons (Fsp3) is 0.833. The van der Waals surface area contributed by atoms with E-state index in [1.165, 1.54) is 0 Å². The summed E-state index contributed by atoms with van der Waals surface area (Å²) in [5.74, 6) is -2.14. The Morgan fingerprint density at radius 1 is 1.21 bits per heavy atom. The fourth-order valence-electron chi connectivity index (χ4n) is 1.44. The van der Waals surface area contributed by atoms with Gasteiger partial charge in [-0.15, -0.1) is 0 Å². The van der Waals surface area contributed by atoms with Crippen molar-refractivity contribution in [3.63, 3.8) is 0 Å². The maximum absolute atomic E-state index is 12.6. The maximum Gasteiger partial charge on any atom is 0.394 e. The van der Waals surface area contributed by atoms with Crippen LogP contribution in [0.25, 0.3) is 0 Å². The van der Waals surface area contributed by atoms with E-state index in [9.17, 15) is 22.8 Å². The molecule has 0 fully saturated rings. The van der Waals surface area contributed by atoms with E-state index >= 15 is 0 Å². The first-order valence-corrected chi connectivity index (χ1v) is 5.95. The second-order valence-electron chi connectivity index (χ2n) is 5.65. The molecule has 1 atom stereocenters. The van der Waals surface area contributed by atoms with E-state index in [0.29, 0.717) is 0 Å². The number of rotatable bonds is 6. The summed E-state index contributed by atoms with van der Waals surface area (Å²) in [6.07, 6.45) is -5.13. The molecule has 2 N–H and O–H groups in total. The molecule has 0 aromatic carbocycles. The summed E-state index contributed by atoms with van der Waals surface area (Å²) in [6.45, 7) is 5.35. The van der Waals surface area contributed by atoms with Crippen LogP contribution in [0.2, 0.25) is 0 Å². The molecule has 0 saturated heterocycles. The van der Waals surface area contributed by atoms with Gasteiger partial charge >= 0.3 is 12.1 Å². The molecule has 0 rings (SSSR count). The fourth-order valence-corrected chi connectivity index (χ4v) is 1.44. The van der Waals surface area contributed by atoms with Crippen molar-refractivity contribution in [2.75, 3.05) is 0 Å². The van der Waals surface area contributed by atoms with Gasteiger partial charge in [-0.1, -0.05) is 27.7 Å². The molecule has 0 radical (unpaired) electrons. The van der Waals surface area contributed by atoms with E-state index in [2.05, 4.69) is 5.32 Å². The number of carbonyl (C=O) groups excluding carboxylic acids is 1. The van der Waals surface area contributed by atoms with Crippen LogP contribution in [0.5, 0.6) is 0 Å². The minimum atomic E-state index is -4.51. The molecule has 0 aromatic rings. The van der Waals surface area contributed by atoms with Gasteiger partial charge in [0.25, 0.3) is 0 Å². The van der Waals surface area contributed by atoms with Crippen molar-refractivity contribution in [1.82, 2.24) is 5.32 Å². The third-order valence-electron chi connectivity index (χ3n) is 2.71. The number of aliphatic carboxylic acids is 1. The van der Waals surface area contributed by atoms with E-state index in [1.807, 2.05) is 0 Å². The quantitative estimate of drug-likeness (QED) is 0.787. The van der Waals surface area contributed by atoms with Crippen LogP contribution in [0.1, 0.15) is 40.5 Å². The minimum absolute atomic E-state index is 0.0111. The summed E-state index contributed by atoms with van der Waals surface area (Å²) >= 11 is 0. The Balaban J connectivity index is 4.64. The van der Waals surface area contributed by atoms with Gasteiger partial charge in [0, 0.05) is 6.42 Å². The van der Waals surface area contributed by atoms with Gasteiger partial charge in [-0.3, -0.25) is 4.79 Å². The Kier molecular flexibility index (Phi) is 5.83. The number of carboxylic acids is 1.